The second-order valence-corrected chi connectivity index (χ2v) is 4.68. The Kier molecular flexibility index (Phi) is 4.23. The highest BCUT2D eigenvalue weighted by molar-refractivity contribution is 5.43. The molecule has 0 aliphatic heterocycles. The largest absolute Gasteiger partial charge is 0.391 e. The van der Waals surface area contributed by atoms with Gasteiger partial charge in [0, 0.05) is 5.69 Å². The molecule has 0 unspecified atom stereocenters. The summed E-state index contributed by atoms with van der Waals surface area (Å²) in [5.74, 6) is 0. The van der Waals surface area contributed by atoms with Gasteiger partial charge < -0.3 is 10.4 Å². The first-order chi connectivity index (χ1) is 7.86. The van der Waals surface area contributed by atoms with E-state index in [-0.39, 0.29) is 12.1 Å². The molecular formula is C14H21NO. The van der Waals surface area contributed by atoms with Crippen LogP contribution in [0.5, 0.6) is 0 Å². The molecular weight excluding hydrogens is 198 g/mol. The van der Waals surface area contributed by atoms with Crippen LogP contribution in [0.3, 0.4) is 0 Å². The van der Waals surface area contributed by atoms with Crippen molar-refractivity contribution in [3.05, 3.63) is 30.3 Å². The Bertz CT molecular complexity index is 299. The third kappa shape index (κ3) is 3.24. The first-order valence-corrected chi connectivity index (χ1v) is 6.36. The minimum atomic E-state index is -0.194. The van der Waals surface area contributed by atoms with E-state index >= 15 is 0 Å². The predicted octanol–water partition coefficient (Wildman–Crippen LogP) is 3.18. The Labute approximate surface area is 97.7 Å². The lowest BCUT2D eigenvalue weighted by atomic mass is 9.94. The van der Waals surface area contributed by atoms with Gasteiger partial charge in [-0.25, -0.2) is 0 Å². The number of aliphatic hydroxyl groups excluding tert-OH is 1. The van der Waals surface area contributed by atoms with Gasteiger partial charge in [0.15, 0.2) is 0 Å². The summed E-state index contributed by atoms with van der Waals surface area (Å²) in [5.41, 5.74) is 1.12. The predicted molar refractivity (Wildman–Crippen MR) is 67.6 cm³/mol. The molecule has 1 aromatic carbocycles. The van der Waals surface area contributed by atoms with Crippen LogP contribution in [0.15, 0.2) is 30.3 Å². The SMILES string of the molecule is O[C@@H]1CCCCCC[C@H]1Nc1ccccc1. The van der Waals surface area contributed by atoms with Gasteiger partial charge in [-0.2, -0.15) is 0 Å². The summed E-state index contributed by atoms with van der Waals surface area (Å²) in [7, 11) is 0. The van der Waals surface area contributed by atoms with E-state index in [4.69, 9.17) is 0 Å². The van der Waals surface area contributed by atoms with E-state index in [1.54, 1.807) is 0 Å². The van der Waals surface area contributed by atoms with Gasteiger partial charge in [0.1, 0.15) is 0 Å². The summed E-state index contributed by atoms with van der Waals surface area (Å²) < 4.78 is 0. The lowest BCUT2D eigenvalue weighted by molar-refractivity contribution is 0.128. The highest BCUT2D eigenvalue weighted by Crippen LogP contribution is 2.21. The molecule has 2 N–H and O–H groups in total. The zero-order chi connectivity index (χ0) is 11.2. The Hall–Kier alpha value is -1.02. The van der Waals surface area contributed by atoms with Crippen LogP contribution in [0.25, 0.3) is 0 Å². The van der Waals surface area contributed by atoms with E-state index in [1.165, 1.54) is 19.3 Å². The molecule has 0 amide bonds. The highest BCUT2D eigenvalue weighted by atomic mass is 16.3. The van der Waals surface area contributed by atoms with Crippen LogP contribution in [-0.4, -0.2) is 17.3 Å². The van der Waals surface area contributed by atoms with E-state index < -0.39 is 0 Å². The fourth-order valence-electron chi connectivity index (χ4n) is 2.38. The number of hydrogen-bond acceptors (Lipinski definition) is 2. The molecule has 1 aliphatic carbocycles. The Morgan fingerprint density at radius 3 is 2.38 bits per heavy atom. The quantitative estimate of drug-likeness (QED) is 0.800. The molecule has 1 aromatic rings. The maximum atomic E-state index is 10.1. The summed E-state index contributed by atoms with van der Waals surface area (Å²) >= 11 is 0. The number of rotatable bonds is 2. The Balaban J connectivity index is 1.95. The molecule has 1 saturated carbocycles. The van der Waals surface area contributed by atoms with Crippen LogP contribution in [0, 0.1) is 0 Å². The molecule has 2 heteroatoms. The minimum Gasteiger partial charge on any atom is -0.391 e. The van der Waals surface area contributed by atoms with Gasteiger partial charge in [0.2, 0.25) is 0 Å². The maximum Gasteiger partial charge on any atom is 0.0741 e. The van der Waals surface area contributed by atoms with E-state index in [2.05, 4.69) is 17.4 Å². The van der Waals surface area contributed by atoms with Crippen molar-refractivity contribution < 1.29 is 5.11 Å². The van der Waals surface area contributed by atoms with Gasteiger partial charge in [-0.05, 0) is 25.0 Å². The molecule has 2 rings (SSSR count). The van der Waals surface area contributed by atoms with E-state index in [0.29, 0.717) is 0 Å². The summed E-state index contributed by atoms with van der Waals surface area (Å²) in [6.45, 7) is 0. The fraction of sp³-hybridized carbons (Fsp3) is 0.571. The van der Waals surface area contributed by atoms with E-state index in [1.807, 2.05) is 18.2 Å². The summed E-state index contributed by atoms with van der Waals surface area (Å²) in [6, 6.07) is 10.4. The normalized spacial score (nSPS) is 26.8. The van der Waals surface area contributed by atoms with Gasteiger partial charge in [-0.3, -0.25) is 0 Å². The molecule has 0 heterocycles. The van der Waals surface area contributed by atoms with Crippen molar-refractivity contribution in [2.24, 2.45) is 0 Å². The number of hydrogen-bond donors (Lipinski definition) is 2. The third-order valence-corrected chi connectivity index (χ3v) is 3.36. The van der Waals surface area contributed by atoms with Crippen LogP contribution in [-0.2, 0) is 0 Å². The van der Waals surface area contributed by atoms with Gasteiger partial charge >= 0.3 is 0 Å². The molecule has 0 spiro atoms. The van der Waals surface area contributed by atoms with Crippen molar-refractivity contribution in [3.63, 3.8) is 0 Å². The van der Waals surface area contributed by atoms with Gasteiger partial charge in [0.05, 0.1) is 12.1 Å². The second kappa shape index (κ2) is 5.90. The zero-order valence-electron chi connectivity index (χ0n) is 9.73. The molecule has 88 valence electrons. The summed E-state index contributed by atoms with van der Waals surface area (Å²) in [6.07, 6.45) is 6.78. The minimum absolute atomic E-state index is 0.194. The average molecular weight is 219 g/mol. The monoisotopic (exact) mass is 219 g/mol. The standard InChI is InChI=1S/C14H21NO/c16-14-11-7-2-1-6-10-13(14)15-12-8-4-3-5-9-12/h3-5,8-9,13-16H,1-2,6-7,10-11H2/t13-,14-/m1/s1. The summed E-state index contributed by atoms with van der Waals surface area (Å²) in [5, 5.41) is 13.5. The lowest BCUT2D eigenvalue weighted by Crippen LogP contribution is -2.34. The van der Waals surface area contributed by atoms with Crippen molar-refractivity contribution in [3.8, 4) is 0 Å². The van der Waals surface area contributed by atoms with Crippen LogP contribution in [0.2, 0.25) is 0 Å². The Morgan fingerprint density at radius 1 is 0.938 bits per heavy atom. The molecule has 0 saturated heterocycles. The van der Waals surface area contributed by atoms with Crippen molar-refractivity contribution in [2.45, 2.75) is 50.7 Å². The molecule has 1 fully saturated rings. The smallest absolute Gasteiger partial charge is 0.0741 e. The van der Waals surface area contributed by atoms with Crippen LogP contribution < -0.4 is 5.32 Å². The van der Waals surface area contributed by atoms with Crippen molar-refractivity contribution in [1.29, 1.82) is 0 Å². The average Bonchev–Trinajstić information content (AvgIpc) is 2.30. The zero-order valence-corrected chi connectivity index (χ0v) is 9.73. The molecule has 0 radical (unpaired) electrons. The van der Waals surface area contributed by atoms with Gasteiger partial charge in [-0.15, -0.1) is 0 Å². The Morgan fingerprint density at radius 2 is 1.62 bits per heavy atom. The molecule has 1 aliphatic rings. The number of benzene rings is 1. The third-order valence-electron chi connectivity index (χ3n) is 3.36. The maximum absolute atomic E-state index is 10.1. The lowest BCUT2D eigenvalue weighted by Gasteiger charge is -2.27. The van der Waals surface area contributed by atoms with Gasteiger partial charge in [-0.1, -0.05) is 43.9 Å². The van der Waals surface area contributed by atoms with E-state index in [0.717, 1.165) is 24.9 Å². The molecule has 2 atom stereocenters. The first-order valence-electron chi connectivity index (χ1n) is 6.36. The van der Waals surface area contributed by atoms with Crippen molar-refractivity contribution in [1.82, 2.24) is 0 Å². The number of para-hydroxylation sites is 1. The molecule has 0 bridgehead atoms. The van der Waals surface area contributed by atoms with Crippen molar-refractivity contribution >= 4 is 5.69 Å². The molecule has 16 heavy (non-hydrogen) atoms. The molecule has 2 nitrogen and oxygen atoms in total. The fourth-order valence-corrected chi connectivity index (χ4v) is 2.38. The number of nitrogens with one attached hydrogen (secondary N) is 1. The van der Waals surface area contributed by atoms with Crippen LogP contribution in [0.1, 0.15) is 38.5 Å². The second-order valence-electron chi connectivity index (χ2n) is 4.68. The van der Waals surface area contributed by atoms with Crippen LogP contribution in [0.4, 0.5) is 5.69 Å². The van der Waals surface area contributed by atoms with E-state index in [9.17, 15) is 5.11 Å². The van der Waals surface area contributed by atoms with Crippen LogP contribution >= 0.6 is 0 Å². The van der Waals surface area contributed by atoms with Crippen molar-refractivity contribution in [2.75, 3.05) is 5.32 Å². The highest BCUT2D eigenvalue weighted by Gasteiger charge is 2.19. The number of aliphatic hydroxyl groups is 1. The first kappa shape index (κ1) is 11.5. The van der Waals surface area contributed by atoms with Gasteiger partial charge in [0.25, 0.3) is 0 Å². The topological polar surface area (TPSA) is 32.3 Å². The summed E-state index contributed by atoms with van der Waals surface area (Å²) in [4.78, 5) is 0. The number of anilines is 1. The molecule has 0 aromatic heterocycles.